The maximum Gasteiger partial charge on any atom is 0.227 e. The molecule has 3 rings (SSSR count). The average molecular weight is 343 g/mol. The number of benzene rings is 1. The highest BCUT2D eigenvalue weighted by atomic mass is 32.1. The quantitative estimate of drug-likeness (QED) is 0.928. The summed E-state index contributed by atoms with van der Waals surface area (Å²) in [6.45, 7) is 6.31. The third-order valence-electron chi connectivity index (χ3n) is 4.26. The average Bonchev–Trinajstić information content (AvgIpc) is 3.10. The zero-order valence-electron chi connectivity index (χ0n) is 14.1. The first-order chi connectivity index (χ1) is 11.5. The number of hydrogen-bond donors (Lipinski definition) is 1. The van der Waals surface area contributed by atoms with Crippen molar-refractivity contribution in [2.45, 2.75) is 33.2 Å². The Bertz CT molecular complexity index is 757. The van der Waals surface area contributed by atoms with Crippen molar-refractivity contribution in [3.63, 3.8) is 0 Å². The van der Waals surface area contributed by atoms with Gasteiger partial charge in [-0.2, -0.15) is 0 Å². The van der Waals surface area contributed by atoms with E-state index in [2.05, 4.69) is 10.3 Å². The summed E-state index contributed by atoms with van der Waals surface area (Å²) < 4.78 is 0. The summed E-state index contributed by atoms with van der Waals surface area (Å²) in [6, 6.07) is 9.40. The van der Waals surface area contributed by atoms with Crippen LogP contribution in [0.1, 0.15) is 35.0 Å². The van der Waals surface area contributed by atoms with E-state index in [1.807, 2.05) is 51.1 Å². The lowest BCUT2D eigenvalue weighted by molar-refractivity contribution is -0.126. The molecule has 2 heterocycles. The van der Waals surface area contributed by atoms with Crippen molar-refractivity contribution in [3.05, 3.63) is 45.9 Å². The van der Waals surface area contributed by atoms with E-state index in [-0.39, 0.29) is 30.2 Å². The monoisotopic (exact) mass is 343 g/mol. The SMILES string of the molecule is Cc1nc(C)c(C(C)NC(=O)C2CC(=O)N(c3ccccc3)C2)s1. The highest BCUT2D eigenvalue weighted by molar-refractivity contribution is 7.11. The predicted octanol–water partition coefficient (Wildman–Crippen LogP) is 2.99. The lowest BCUT2D eigenvalue weighted by atomic mass is 10.1. The smallest absolute Gasteiger partial charge is 0.227 e. The number of aromatic nitrogens is 1. The molecule has 0 bridgehead atoms. The minimum absolute atomic E-state index is 0.00109. The Morgan fingerprint density at radius 2 is 2.04 bits per heavy atom. The molecule has 0 spiro atoms. The van der Waals surface area contributed by atoms with Gasteiger partial charge >= 0.3 is 0 Å². The molecule has 6 heteroatoms. The summed E-state index contributed by atoms with van der Waals surface area (Å²) in [5, 5.41) is 4.03. The molecule has 5 nitrogen and oxygen atoms in total. The van der Waals surface area contributed by atoms with E-state index in [0.717, 1.165) is 21.3 Å². The molecule has 0 saturated carbocycles. The van der Waals surface area contributed by atoms with E-state index in [1.54, 1.807) is 16.2 Å². The molecule has 2 aromatic rings. The standard InChI is InChI=1S/C18H21N3O2S/c1-11-17(24-13(3)19-11)12(2)20-18(23)14-9-16(22)21(10-14)15-7-5-4-6-8-15/h4-8,12,14H,9-10H2,1-3H3,(H,20,23). The molecule has 1 aliphatic rings. The first-order valence-corrected chi connectivity index (χ1v) is 8.87. The Morgan fingerprint density at radius 3 is 2.67 bits per heavy atom. The van der Waals surface area contributed by atoms with E-state index in [4.69, 9.17) is 0 Å². The largest absolute Gasteiger partial charge is 0.348 e. The second-order valence-corrected chi connectivity index (χ2v) is 7.39. The molecule has 0 radical (unpaired) electrons. The summed E-state index contributed by atoms with van der Waals surface area (Å²) in [4.78, 5) is 32.0. The number of nitrogens with zero attached hydrogens (tertiary/aromatic N) is 2. The molecule has 126 valence electrons. The normalized spacial score (nSPS) is 18.7. The van der Waals surface area contributed by atoms with Crippen LogP contribution in [0.3, 0.4) is 0 Å². The van der Waals surface area contributed by atoms with Crippen molar-refractivity contribution >= 4 is 28.8 Å². The molecule has 24 heavy (non-hydrogen) atoms. The van der Waals surface area contributed by atoms with Gasteiger partial charge in [0.25, 0.3) is 0 Å². The van der Waals surface area contributed by atoms with Crippen LogP contribution in [0.4, 0.5) is 5.69 Å². The van der Waals surface area contributed by atoms with E-state index >= 15 is 0 Å². The number of amides is 2. The van der Waals surface area contributed by atoms with Gasteiger partial charge in [0.15, 0.2) is 0 Å². The summed E-state index contributed by atoms with van der Waals surface area (Å²) in [5.41, 5.74) is 1.80. The van der Waals surface area contributed by atoms with Crippen molar-refractivity contribution in [2.24, 2.45) is 5.92 Å². The molecule has 2 unspecified atom stereocenters. The van der Waals surface area contributed by atoms with Crippen LogP contribution in [-0.2, 0) is 9.59 Å². The summed E-state index contributed by atoms with van der Waals surface area (Å²) >= 11 is 1.60. The highest BCUT2D eigenvalue weighted by Gasteiger charge is 2.35. The van der Waals surface area contributed by atoms with Crippen LogP contribution in [0.2, 0.25) is 0 Å². The van der Waals surface area contributed by atoms with Crippen LogP contribution < -0.4 is 10.2 Å². The summed E-state index contributed by atoms with van der Waals surface area (Å²) in [7, 11) is 0. The van der Waals surface area contributed by atoms with Gasteiger partial charge in [-0.3, -0.25) is 9.59 Å². The Balaban J connectivity index is 1.66. The third-order valence-corrected chi connectivity index (χ3v) is 5.51. The van der Waals surface area contributed by atoms with Crippen LogP contribution in [0.25, 0.3) is 0 Å². The lowest BCUT2D eigenvalue weighted by Gasteiger charge is -2.18. The van der Waals surface area contributed by atoms with Gasteiger partial charge in [0.05, 0.1) is 22.7 Å². The van der Waals surface area contributed by atoms with Crippen LogP contribution >= 0.6 is 11.3 Å². The molecular weight excluding hydrogens is 322 g/mol. The maximum atomic E-state index is 12.6. The van der Waals surface area contributed by atoms with E-state index in [9.17, 15) is 9.59 Å². The Kier molecular flexibility index (Phi) is 4.66. The molecule has 1 N–H and O–H groups in total. The van der Waals surface area contributed by atoms with Crippen molar-refractivity contribution < 1.29 is 9.59 Å². The predicted molar refractivity (Wildman–Crippen MR) is 95.0 cm³/mol. The Labute approximate surface area is 145 Å². The number of nitrogens with one attached hydrogen (secondary N) is 1. The Hall–Kier alpha value is -2.21. The fourth-order valence-corrected chi connectivity index (χ4v) is 4.02. The van der Waals surface area contributed by atoms with Gasteiger partial charge in [0.1, 0.15) is 0 Å². The van der Waals surface area contributed by atoms with Gasteiger partial charge in [-0.25, -0.2) is 4.98 Å². The van der Waals surface area contributed by atoms with Gasteiger partial charge < -0.3 is 10.2 Å². The molecule has 1 saturated heterocycles. The molecular formula is C18H21N3O2S. The van der Waals surface area contributed by atoms with Crippen molar-refractivity contribution in [3.8, 4) is 0 Å². The van der Waals surface area contributed by atoms with Gasteiger partial charge in [-0.15, -0.1) is 11.3 Å². The van der Waals surface area contributed by atoms with Crippen LogP contribution in [0.15, 0.2) is 30.3 Å². The van der Waals surface area contributed by atoms with Crippen molar-refractivity contribution in [2.75, 3.05) is 11.4 Å². The summed E-state index contributed by atoms with van der Waals surface area (Å²) in [6.07, 6.45) is 0.258. The number of hydrogen-bond acceptors (Lipinski definition) is 4. The number of anilines is 1. The second-order valence-electron chi connectivity index (χ2n) is 6.15. The molecule has 1 aliphatic heterocycles. The number of carbonyl (C=O) groups excluding carboxylic acids is 2. The zero-order chi connectivity index (χ0) is 17.3. The number of carbonyl (C=O) groups is 2. The van der Waals surface area contributed by atoms with Crippen molar-refractivity contribution in [1.29, 1.82) is 0 Å². The van der Waals surface area contributed by atoms with Gasteiger partial charge in [0.2, 0.25) is 11.8 Å². The molecule has 2 atom stereocenters. The van der Waals surface area contributed by atoms with E-state index in [0.29, 0.717) is 6.54 Å². The summed E-state index contributed by atoms with van der Waals surface area (Å²) in [5.74, 6) is -0.381. The van der Waals surface area contributed by atoms with Crippen LogP contribution in [-0.4, -0.2) is 23.3 Å². The van der Waals surface area contributed by atoms with Crippen molar-refractivity contribution in [1.82, 2.24) is 10.3 Å². The number of aryl methyl sites for hydroxylation is 2. The van der Waals surface area contributed by atoms with Gasteiger partial charge in [0, 0.05) is 23.5 Å². The maximum absolute atomic E-state index is 12.6. The topological polar surface area (TPSA) is 62.3 Å². The molecule has 1 fully saturated rings. The fraction of sp³-hybridized carbons (Fsp3) is 0.389. The molecule has 1 aromatic carbocycles. The fourth-order valence-electron chi connectivity index (χ4n) is 3.09. The number of para-hydroxylation sites is 1. The molecule has 2 amide bonds. The highest BCUT2D eigenvalue weighted by Crippen LogP contribution is 2.27. The number of rotatable bonds is 4. The van der Waals surface area contributed by atoms with Gasteiger partial charge in [-0.05, 0) is 32.9 Å². The first kappa shape index (κ1) is 16.6. The van der Waals surface area contributed by atoms with Crippen LogP contribution in [0.5, 0.6) is 0 Å². The van der Waals surface area contributed by atoms with E-state index < -0.39 is 0 Å². The lowest BCUT2D eigenvalue weighted by Crippen LogP contribution is -2.34. The number of thiazole rings is 1. The van der Waals surface area contributed by atoms with Gasteiger partial charge in [-0.1, -0.05) is 18.2 Å². The molecule has 0 aliphatic carbocycles. The second kappa shape index (κ2) is 6.73. The minimum atomic E-state index is -0.311. The Morgan fingerprint density at radius 1 is 1.33 bits per heavy atom. The van der Waals surface area contributed by atoms with E-state index in [1.165, 1.54) is 0 Å². The molecule has 1 aromatic heterocycles. The third kappa shape index (κ3) is 3.33. The first-order valence-electron chi connectivity index (χ1n) is 8.05. The van der Waals surface area contributed by atoms with Crippen LogP contribution in [0, 0.1) is 19.8 Å². The zero-order valence-corrected chi connectivity index (χ0v) is 14.9. The minimum Gasteiger partial charge on any atom is -0.348 e.